The van der Waals surface area contributed by atoms with Gasteiger partial charge in [0, 0.05) is 0 Å². The Bertz CT molecular complexity index is 740. The first-order valence-electron chi connectivity index (χ1n) is 6.41. The van der Waals surface area contributed by atoms with E-state index in [1.807, 2.05) is 18.2 Å². The highest BCUT2D eigenvalue weighted by Crippen LogP contribution is 2.35. The summed E-state index contributed by atoms with van der Waals surface area (Å²) >= 11 is 0. The summed E-state index contributed by atoms with van der Waals surface area (Å²) in [6.45, 7) is 2.50. The molecule has 104 valence electrons. The van der Waals surface area contributed by atoms with Gasteiger partial charge in [-0.3, -0.25) is 4.31 Å². The zero-order chi connectivity index (χ0) is 14.2. The first kappa shape index (κ1) is 13.0. The highest BCUT2D eigenvalue weighted by Gasteiger charge is 2.30. The lowest BCUT2D eigenvalue weighted by atomic mass is 10.2. The molecule has 0 aliphatic carbocycles. The predicted octanol–water partition coefficient (Wildman–Crippen LogP) is 2.58. The molecule has 0 saturated heterocycles. The van der Waals surface area contributed by atoms with E-state index < -0.39 is 10.0 Å². The lowest BCUT2D eigenvalue weighted by Crippen LogP contribution is -2.38. The molecular formula is C15H15NO3S. The number of nitrogens with zero attached hydrogens (tertiary/aromatic N) is 1. The molecule has 0 spiro atoms. The van der Waals surface area contributed by atoms with E-state index in [2.05, 4.69) is 0 Å². The van der Waals surface area contributed by atoms with Crippen LogP contribution in [0.4, 0.5) is 5.69 Å². The molecule has 4 nitrogen and oxygen atoms in total. The van der Waals surface area contributed by atoms with Crippen molar-refractivity contribution < 1.29 is 13.2 Å². The molecule has 0 N–H and O–H groups in total. The zero-order valence-corrected chi connectivity index (χ0v) is 11.9. The van der Waals surface area contributed by atoms with Crippen LogP contribution in [0.15, 0.2) is 53.4 Å². The highest BCUT2D eigenvalue weighted by molar-refractivity contribution is 7.92. The summed E-state index contributed by atoms with van der Waals surface area (Å²) in [6.07, 6.45) is 0. The molecule has 0 radical (unpaired) electrons. The van der Waals surface area contributed by atoms with Crippen molar-refractivity contribution >= 4 is 15.7 Å². The van der Waals surface area contributed by atoms with Crippen LogP contribution in [0.3, 0.4) is 0 Å². The van der Waals surface area contributed by atoms with Crippen LogP contribution in [0.2, 0.25) is 0 Å². The van der Waals surface area contributed by atoms with E-state index in [9.17, 15) is 8.42 Å². The van der Waals surface area contributed by atoms with Gasteiger partial charge in [0.25, 0.3) is 10.0 Å². The van der Waals surface area contributed by atoms with Crippen molar-refractivity contribution in [2.45, 2.75) is 11.8 Å². The van der Waals surface area contributed by atoms with Gasteiger partial charge in [-0.05, 0) is 30.7 Å². The largest absolute Gasteiger partial charge is 0.489 e. The second kappa shape index (κ2) is 4.83. The second-order valence-corrected chi connectivity index (χ2v) is 6.49. The summed E-state index contributed by atoms with van der Waals surface area (Å²) in [5.74, 6) is 0.607. The SMILES string of the molecule is Cc1ccccc1S(=O)(=O)N1CCOc2ccccc21. The predicted molar refractivity (Wildman–Crippen MR) is 77.6 cm³/mol. The van der Waals surface area contributed by atoms with Crippen LogP contribution in [-0.2, 0) is 10.0 Å². The summed E-state index contributed by atoms with van der Waals surface area (Å²) in [5.41, 5.74) is 1.35. The minimum absolute atomic E-state index is 0.327. The molecule has 1 aliphatic rings. The van der Waals surface area contributed by atoms with Crippen molar-refractivity contribution in [3.05, 3.63) is 54.1 Å². The molecule has 1 heterocycles. The molecule has 0 fully saturated rings. The van der Waals surface area contributed by atoms with Gasteiger partial charge in [0.2, 0.25) is 0 Å². The Labute approximate surface area is 118 Å². The third kappa shape index (κ3) is 2.04. The number of benzene rings is 2. The van der Waals surface area contributed by atoms with Crippen LogP contribution in [0.1, 0.15) is 5.56 Å². The van der Waals surface area contributed by atoms with Crippen molar-refractivity contribution in [2.24, 2.45) is 0 Å². The van der Waals surface area contributed by atoms with Crippen LogP contribution in [0.5, 0.6) is 5.75 Å². The quantitative estimate of drug-likeness (QED) is 0.853. The molecule has 2 aromatic carbocycles. The van der Waals surface area contributed by atoms with E-state index in [1.165, 1.54) is 4.31 Å². The van der Waals surface area contributed by atoms with Crippen LogP contribution >= 0.6 is 0 Å². The molecule has 0 saturated carbocycles. The number of aryl methyl sites for hydroxylation is 1. The van der Waals surface area contributed by atoms with E-state index in [0.717, 1.165) is 5.56 Å². The zero-order valence-electron chi connectivity index (χ0n) is 11.1. The fraction of sp³-hybridized carbons (Fsp3) is 0.200. The van der Waals surface area contributed by atoms with E-state index in [4.69, 9.17) is 4.74 Å². The van der Waals surface area contributed by atoms with Gasteiger partial charge >= 0.3 is 0 Å². The summed E-state index contributed by atoms with van der Waals surface area (Å²) < 4.78 is 32.6. The topological polar surface area (TPSA) is 46.6 Å². The van der Waals surface area contributed by atoms with Crippen molar-refractivity contribution in [3.63, 3.8) is 0 Å². The maximum absolute atomic E-state index is 12.8. The van der Waals surface area contributed by atoms with Gasteiger partial charge in [0.05, 0.1) is 17.1 Å². The molecule has 0 amide bonds. The molecule has 1 aliphatic heterocycles. The van der Waals surface area contributed by atoms with Gasteiger partial charge in [0.1, 0.15) is 12.4 Å². The minimum atomic E-state index is -3.55. The average molecular weight is 289 g/mol. The van der Waals surface area contributed by atoms with Gasteiger partial charge < -0.3 is 4.74 Å². The Hall–Kier alpha value is -2.01. The smallest absolute Gasteiger partial charge is 0.264 e. The standard InChI is InChI=1S/C15H15NO3S/c1-12-6-2-5-9-15(12)20(17,18)16-10-11-19-14-8-4-3-7-13(14)16/h2-9H,10-11H2,1H3. The van der Waals surface area contributed by atoms with Gasteiger partial charge in [-0.25, -0.2) is 8.42 Å². The highest BCUT2D eigenvalue weighted by atomic mass is 32.2. The number of ether oxygens (including phenoxy) is 1. The van der Waals surface area contributed by atoms with Gasteiger partial charge in [-0.1, -0.05) is 30.3 Å². The monoisotopic (exact) mass is 289 g/mol. The number of anilines is 1. The molecule has 2 aromatic rings. The summed E-state index contributed by atoms with van der Waals surface area (Å²) in [7, 11) is -3.55. The number of hydrogen-bond donors (Lipinski definition) is 0. The Morgan fingerprint density at radius 2 is 1.75 bits per heavy atom. The second-order valence-electron chi connectivity index (χ2n) is 4.66. The van der Waals surface area contributed by atoms with E-state index in [-0.39, 0.29) is 0 Å². The lowest BCUT2D eigenvalue weighted by Gasteiger charge is -2.30. The maximum atomic E-state index is 12.8. The molecule has 20 heavy (non-hydrogen) atoms. The molecular weight excluding hydrogens is 274 g/mol. The van der Waals surface area contributed by atoms with Crippen LogP contribution in [0, 0.1) is 6.92 Å². The number of sulfonamides is 1. The van der Waals surface area contributed by atoms with E-state index >= 15 is 0 Å². The number of fused-ring (bicyclic) bond motifs is 1. The Kier molecular flexibility index (Phi) is 3.14. The number of hydrogen-bond acceptors (Lipinski definition) is 3. The molecule has 0 unspecified atom stereocenters. The number of para-hydroxylation sites is 2. The molecule has 3 rings (SSSR count). The van der Waals surface area contributed by atoms with Crippen molar-refractivity contribution in [1.29, 1.82) is 0 Å². The summed E-state index contributed by atoms with van der Waals surface area (Å²) in [6, 6.07) is 14.2. The van der Waals surface area contributed by atoms with Gasteiger partial charge in [0.15, 0.2) is 0 Å². The third-order valence-electron chi connectivity index (χ3n) is 3.35. The van der Waals surface area contributed by atoms with Crippen molar-refractivity contribution in [3.8, 4) is 5.75 Å². The molecule has 5 heteroatoms. The minimum Gasteiger partial charge on any atom is -0.489 e. The first-order valence-corrected chi connectivity index (χ1v) is 7.85. The Morgan fingerprint density at radius 1 is 1.05 bits per heavy atom. The normalized spacial score (nSPS) is 14.6. The summed E-state index contributed by atoms with van der Waals surface area (Å²) in [5, 5.41) is 0. The lowest BCUT2D eigenvalue weighted by molar-refractivity contribution is 0.316. The van der Waals surface area contributed by atoms with Crippen LogP contribution < -0.4 is 9.04 Å². The van der Waals surface area contributed by atoms with Gasteiger partial charge in [-0.2, -0.15) is 0 Å². The van der Waals surface area contributed by atoms with Crippen molar-refractivity contribution in [2.75, 3.05) is 17.5 Å². The first-order chi connectivity index (χ1) is 9.60. The Balaban J connectivity index is 2.13. The van der Waals surface area contributed by atoms with Crippen LogP contribution in [0.25, 0.3) is 0 Å². The fourth-order valence-corrected chi connectivity index (χ4v) is 4.05. The maximum Gasteiger partial charge on any atom is 0.264 e. The van der Waals surface area contributed by atoms with E-state index in [1.54, 1.807) is 37.3 Å². The third-order valence-corrected chi connectivity index (χ3v) is 5.32. The molecule has 0 atom stereocenters. The fourth-order valence-electron chi connectivity index (χ4n) is 2.36. The van der Waals surface area contributed by atoms with Crippen LogP contribution in [-0.4, -0.2) is 21.6 Å². The summed E-state index contributed by atoms with van der Waals surface area (Å²) in [4.78, 5) is 0.344. The average Bonchev–Trinajstić information content (AvgIpc) is 2.47. The molecule has 0 aromatic heterocycles. The van der Waals surface area contributed by atoms with Gasteiger partial charge in [-0.15, -0.1) is 0 Å². The molecule has 0 bridgehead atoms. The van der Waals surface area contributed by atoms with E-state index in [0.29, 0.717) is 29.5 Å². The number of rotatable bonds is 2. The Morgan fingerprint density at radius 3 is 2.55 bits per heavy atom. The van der Waals surface area contributed by atoms with Crippen molar-refractivity contribution in [1.82, 2.24) is 0 Å².